The Hall–Kier alpha value is -4.83. The molecular weight excluding hydrogens is 623 g/mol. The van der Waals surface area contributed by atoms with E-state index in [1.807, 2.05) is 38.3 Å². The molecule has 2 atom stereocenters. The number of dihydropyridines is 1. The lowest BCUT2D eigenvalue weighted by Gasteiger charge is -2.38. The molecule has 47 heavy (non-hydrogen) atoms. The molecule has 0 unspecified atom stereocenters. The molecule has 3 aromatic rings. The van der Waals surface area contributed by atoms with Gasteiger partial charge in [-0.15, -0.1) is 0 Å². The van der Waals surface area contributed by atoms with E-state index in [1.165, 1.54) is 17.0 Å². The van der Waals surface area contributed by atoms with Crippen molar-refractivity contribution in [3.8, 4) is 0 Å². The van der Waals surface area contributed by atoms with Crippen LogP contribution in [0.15, 0.2) is 76.9 Å². The molecule has 0 aliphatic carbocycles. The molecule has 0 saturated heterocycles. The highest BCUT2D eigenvalue weighted by Crippen LogP contribution is 2.37. The first-order chi connectivity index (χ1) is 22.7. The predicted molar refractivity (Wildman–Crippen MR) is 178 cm³/mol. The molecule has 0 fully saturated rings. The standard InChI is InChI=1S/C36H34ClFN4O5/c1-21(2)20-46-36(45)23-9-11-24(12-10-23)40-34(43)33-27-6-3-5-25(22-13-16-39-17-14-22)26(27)15-18-42(33)35(44)31-19-30(41-47-31)28-7-4-8-29(37)32(28)38/h3-13,17,21,31,33H,14-16,18-20H2,1-2H3,(H,40,43)/t31-,33+/m1/s1. The van der Waals surface area contributed by atoms with Crippen molar-refractivity contribution in [2.75, 3.05) is 25.0 Å². The predicted octanol–water partition coefficient (Wildman–Crippen LogP) is 6.41. The van der Waals surface area contributed by atoms with Crippen LogP contribution in [0.1, 0.15) is 65.3 Å². The summed E-state index contributed by atoms with van der Waals surface area (Å²) >= 11 is 5.98. The Morgan fingerprint density at radius 3 is 2.60 bits per heavy atom. The van der Waals surface area contributed by atoms with Gasteiger partial charge in [0.1, 0.15) is 6.04 Å². The van der Waals surface area contributed by atoms with Crippen molar-refractivity contribution >= 4 is 52.6 Å². The van der Waals surface area contributed by atoms with Crippen molar-refractivity contribution in [3.63, 3.8) is 0 Å². The maximum Gasteiger partial charge on any atom is 0.338 e. The average Bonchev–Trinajstić information content (AvgIpc) is 3.58. The van der Waals surface area contributed by atoms with Crippen molar-refractivity contribution in [2.24, 2.45) is 16.1 Å². The summed E-state index contributed by atoms with van der Waals surface area (Å²) in [6, 6.07) is 15.8. The van der Waals surface area contributed by atoms with Gasteiger partial charge in [-0.1, -0.05) is 60.9 Å². The average molecular weight is 657 g/mol. The largest absolute Gasteiger partial charge is 0.462 e. The molecule has 0 bridgehead atoms. The number of aliphatic imine (C=N–C) groups is 1. The molecule has 3 aliphatic heterocycles. The number of nitrogens with one attached hydrogen (secondary N) is 1. The summed E-state index contributed by atoms with van der Waals surface area (Å²) in [6.07, 6.45) is 4.14. The number of esters is 1. The lowest BCUT2D eigenvalue weighted by molar-refractivity contribution is -0.148. The lowest BCUT2D eigenvalue weighted by Crippen LogP contribution is -2.49. The van der Waals surface area contributed by atoms with E-state index in [9.17, 15) is 18.8 Å². The second kappa shape index (κ2) is 13.9. The number of halogens is 2. The van der Waals surface area contributed by atoms with Crippen molar-refractivity contribution in [3.05, 3.63) is 105 Å². The van der Waals surface area contributed by atoms with Crippen LogP contribution >= 0.6 is 11.6 Å². The van der Waals surface area contributed by atoms with Crippen molar-refractivity contribution in [1.82, 2.24) is 4.90 Å². The van der Waals surface area contributed by atoms with Gasteiger partial charge in [0.15, 0.2) is 5.82 Å². The van der Waals surface area contributed by atoms with Crippen LogP contribution in [0.4, 0.5) is 10.1 Å². The summed E-state index contributed by atoms with van der Waals surface area (Å²) in [5.41, 5.74) is 5.10. The minimum absolute atomic E-state index is 0.0222. The lowest BCUT2D eigenvalue weighted by atomic mass is 9.84. The molecule has 2 amide bonds. The number of carbonyl (C=O) groups is 3. The number of nitrogens with zero attached hydrogens (tertiary/aromatic N) is 3. The van der Waals surface area contributed by atoms with Crippen LogP contribution in [0.5, 0.6) is 0 Å². The fourth-order valence-electron chi connectivity index (χ4n) is 6.00. The maximum absolute atomic E-state index is 14.8. The van der Waals surface area contributed by atoms with Gasteiger partial charge in [-0.05, 0) is 71.0 Å². The summed E-state index contributed by atoms with van der Waals surface area (Å²) in [4.78, 5) is 52.0. The Morgan fingerprint density at radius 1 is 1.09 bits per heavy atom. The van der Waals surface area contributed by atoms with Gasteiger partial charge in [0.25, 0.3) is 11.8 Å². The zero-order valence-electron chi connectivity index (χ0n) is 26.0. The zero-order valence-corrected chi connectivity index (χ0v) is 26.8. The van der Waals surface area contributed by atoms with Crippen LogP contribution in [0, 0.1) is 11.7 Å². The summed E-state index contributed by atoms with van der Waals surface area (Å²) in [7, 11) is 0. The number of rotatable bonds is 8. The molecule has 1 N–H and O–H groups in total. The number of hydrogen-bond acceptors (Lipinski definition) is 7. The third kappa shape index (κ3) is 6.83. The van der Waals surface area contributed by atoms with E-state index in [4.69, 9.17) is 21.2 Å². The van der Waals surface area contributed by atoms with E-state index in [-0.39, 0.29) is 35.2 Å². The number of benzene rings is 3. The first-order valence-corrected chi connectivity index (χ1v) is 15.9. The molecule has 0 spiro atoms. The van der Waals surface area contributed by atoms with Gasteiger partial charge in [-0.2, -0.15) is 0 Å². The van der Waals surface area contributed by atoms with Crippen LogP contribution in [-0.2, 0) is 25.6 Å². The third-order valence-electron chi connectivity index (χ3n) is 8.32. The Balaban J connectivity index is 1.27. The Bertz CT molecular complexity index is 1800. The van der Waals surface area contributed by atoms with E-state index in [2.05, 4.69) is 21.5 Å². The van der Waals surface area contributed by atoms with Crippen molar-refractivity contribution in [1.29, 1.82) is 0 Å². The quantitative estimate of drug-likeness (QED) is 0.282. The second-order valence-corrected chi connectivity index (χ2v) is 12.4. The van der Waals surface area contributed by atoms with Crippen molar-refractivity contribution < 1.29 is 28.3 Å². The minimum atomic E-state index is -1.04. The summed E-state index contributed by atoms with van der Waals surface area (Å²) in [5, 5.41) is 6.90. The van der Waals surface area contributed by atoms with Gasteiger partial charge in [0.05, 0.1) is 29.4 Å². The fourth-order valence-corrected chi connectivity index (χ4v) is 6.17. The van der Waals surface area contributed by atoms with E-state index in [1.54, 1.807) is 30.3 Å². The first kappa shape index (κ1) is 32.1. The van der Waals surface area contributed by atoms with Gasteiger partial charge in [0, 0.05) is 36.9 Å². The van der Waals surface area contributed by atoms with Gasteiger partial charge < -0.3 is 19.8 Å². The van der Waals surface area contributed by atoms with E-state index in [0.717, 1.165) is 16.7 Å². The van der Waals surface area contributed by atoms with Crippen LogP contribution in [0.3, 0.4) is 0 Å². The number of fused-ring (bicyclic) bond motifs is 1. The zero-order chi connectivity index (χ0) is 33.1. The number of allylic oxidation sites excluding steroid dienone is 1. The monoisotopic (exact) mass is 656 g/mol. The van der Waals surface area contributed by atoms with Gasteiger partial charge in [-0.25, -0.2) is 9.18 Å². The highest BCUT2D eigenvalue weighted by Gasteiger charge is 2.42. The SMILES string of the molecule is CC(C)COC(=O)c1ccc(NC(=O)[C@@H]2c3cccc(C4=CCN=CC4)c3CCN2C(=O)[C@H]2CC(c3cccc(Cl)c3F)=NO2)cc1. The first-order valence-electron chi connectivity index (χ1n) is 15.6. The number of ether oxygens (including phenoxy) is 1. The molecule has 3 aromatic carbocycles. The fraction of sp³-hybridized carbons (Fsp3) is 0.306. The normalized spacial score (nSPS) is 18.6. The van der Waals surface area contributed by atoms with Crippen molar-refractivity contribution in [2.45, 2.75) is 45.3 Å². The smallest absolute Gasteiger partial charge is 0.338 e. The number of anilines is 1. The highest BCUT2D eigenvalue weighted by atomic mass is 35.5. The topological polar surface area (TPSA) is 110 Å². The van der Waals surface area contributed by atoms with E-state index < -0.39 is 35.7 Å². The summed E-state index contributed by atoms with van der Waals surface area (Å²) < 4.78 is 20.1. The highest BCUT2D eigenvalue weighted by molar-refractivity contribution is 6.31. The van der Waals surface area contributed by atoms with Crippen LogP contribution in [0.2, 0.25) is 5.02 Å². The molecule has 0 aromatic heterocycles. The molecular formula is C36H34ClFN4O5. The molecule has 0 radical (unpaired) electrons. The minimum Gasteiger partial charge on any atom is -0.462 e. The van der Waals surface area contributed by atoms with Crippen LogP contribution in [-0.4, -0.2) is 60.4 Å². The molecule has 242 valence electrons. The van der Waals surface area contributed by atoms with Gasteiger partial charge in [0.2, 0.25) is 6.10 Å². The van der Waals surface area contributed by atoms with Crippen LogP contribution in [0.25, 0.3) is 5.57 Å². The second-order valence-electron chi connectivity index (χ2n) is 12.0. The Labute approximate surface area is 277 Å². The molecule has 3 heterocycles. The van der Waals surface area contributed by atoms with Gasteiger partial charge >= 0.3 is 5.97 Å². The Kier molecular flexibility index (Phi) is 9.49. The third-order valence-corrected chi connectivity index (χ3v) is 8.62. The Morgan fingerprint density at radius 2 is 1.85 bits per heavy atom. The van der Waals surface area contributed by atoms with E-state index >= 15 is 0 Å². The maximum atomic E-state index is 14.8. The van der Waals surface area contributed by atoms with E-state index in [0.29, 0.717) is 42.8 Å². The summed E-state index contributed by atoms with van der Waals surface area (Å²) in [6.45, 7) is 5.05. The molecule has 6 rings (SSSR count). The molecule has 0 saturated carbocycles. The van der Waals surface area contributed by atoms with Crippen LogP contribution < -0.4 is 5.32 Å². The number of hydrogen-bond donors (Lipinski definition) is 1. The molecule has 9 nitrogen and oxygen atoms in total. The number of oxime groups is 1. The molecule has 3 aliphatic rings. The number of amides is 2. The summed E-state index contributed by atoms with van der Waals surface area (Å²) in [5.74, 6) is -1.74. The molecule has 11 heteroatoms. The number of carbonyl (C=O) groups excluding carboxylic acids is 3. The van der Waals surface area contributed by atoms with Gasteiger partial charge in [-0.3, -0.25) is 14.6 Å².